The van der Waals surface area contributed by atoms with Gasteiger partial charge in [0.1, 0.15) is 6.61 Å². The maximum Gasteiger partial charge on any atom is 0.411 e. The van der Waals surface area contributed by atoms with Crippen LogP contribution >= 0.6 is 0 Å². The Bertz CT molecular complexity index is 379. The van der Waals surface area contributed by atoms with Crippen LogP contribution in [0.1, 0.15) is 12.0 Å². The van der Waals surface area contributed by atoms with Crippen molar-refractivity contribution in [1.29, 1.82) is 0 Å². The highest BCUT2D eigenvalue weighted by atomic mass is 19.4. The molecule has 0 aliphatic carbocycles. The van der Waals surface area contributed by atoms with Gasteiger partial charge in [0.2, 0.25) is 5.91 Å². The van der Waals surface area contributed by atoms with Gasteiger partial charge in [-0.1, -0.05) is 30.3 Å². The number of benzene rings is 1. The first-order chi connectivity index (χ1) is 8.97. The largest absolute Gasteiger partial charge is 0.411 e. The minimum absolute atomic E-state index is 0.0646. The number of carbonyl (C=O) groups is 1. The van der Waals surface area contributed by atoms with Crippen molar-refractivity contribution in [2.75, 3.05) is 19.8 Å². The Morgan fingerprint density at radius 3 is 2.53 bits per heavy atom. The summed E-state index contributed by atoms with van der Waals surface area (Å²) in [5, 5.41) is 2.63. The fraction of sp³-hybridized carbons (Fsp3) is 0.462. The second-order valence-electron chi connectivity index (χ2n) is 4.00. The Hall–Kier alpha value is -1.56. The van der Waals surface area contributed by atoms with Gasteiger partial charge in [0.15, 0.2) is 0 Å². The van der Waals surface area contributed by atoms with Gasteiger partial charge in [-0.05, 0) is 12.0 Å². The molecule has 19 heavy (non-hydrogen) atoms. The SMILES string of the molecule is O=C(CCOCC(F)(F)F)NCCc1ccccc1. The van der Waals surface area contributed by atoms with Gasteiger partial charge in [-0.3, -0.25) is 4.79 Å². The summed E-state index contributed by atoms with van der Waals surface area (Å²) in [6.07, 6.45) is -3.72. The third-order valence-corrected chi connectivity index (χ3v) is 2.32. The Labute approximate surface area is 109 Å². The van der Waals surface area contributed by atoms with Gasteiger partial charge in [-0.2, -0.15) is 13.2 Å². The first kappa shape index (κ1) is 15.5. The molecule has 3 nitrogen and oxygen atoms in total. The molecule has 0 aliphatic rings. The van der Waals surface area contributed by atoms with Crippen molar-refractivity contribution >= 4 is 5.91 Å². The lowest BCUT2D eigenvalue weighted by atomic mass is 10.1. The molecule has 1 aromatic rings. The molecule has 1 N–H and O–H groups in total. The monoisotopic (exact) mass is 275 g/mol. The Morgan fingerprint density at radius 2 is 1.89 bits per heavy atom. The number of rotatable bonds is 7. The van der Waals surface area contributed by atoms with Gasteiger partial charge >= 0.3 is 6.18 Å². The van der Waals surface area contributed by atoms with E-state index in [0.717, 1.165) is 5.56 Å². The van der Waals surface area contributed by atoms with E-state index in [1.807, 2.05) is 30.3 Å². The standard InChI is InChI=1S/C13H16F3NO2/c14-13(15,16)10-19-9-7-12(18)17-8-6-11-4-2-1-3-5-11/h1-5H,6-10H2,(H,17,18). The molecule has 0 aromatic heterocycles. The number of carbonyl (C=O) groups excluding carboxylic acids is 1. The van der Waals surface area contributed by atoms with Gasteiger partial charge in [0, 0.05) is 13.0 Å². The molecule has 1 amide bonds. The second kappa shape index (κ2) is 7.78. The van der Waals surface area contributed by atoms with Crippen molar-refractivity contribution in [3.63, 3.8) is 0 Å². The molecule has 0 radical (unpaired) electrons. The van der Waals surface area contributed by atoms with Crippen LogP contribution in [0.2, 0.25) is 0 Å². The maximum absolute atomic E-state index is 11.7. The Balaban J connectivity index is 2.05. The Morgan fingerprint density at radius 1 is 1.21 bits per heavy atom. The summed E-state index contributed by atoms with van der Waals surface area (Å²) in [4.78, 5) is 11.3. The molecule has 0 heterocycles. The molecule has 0 atom stereocenters. The van der Waals surface area contributed by atoms with Crippen LogP contribution in [-0.2, 0) is 16.0 Å². The average Bonchev–Trinajstić information content (AvgIpc) is 2.35. The van der Waals surface area contributed by atoms with Crippen molar-refractivity contribution in [2.45, 2.75) is 19.0 Å². The van der Waals surface area contributed by atoms with Gasteiger partial charge < -0.3 is 10.1 Å². The summed E-state index contributed by atoms with van der Waals surface area (Å²) in [6.45, 7) is -1.08. The smallest absolute Gasteiger partial charge is 0.372 e. The van der Waals surface area contributed by atoms with Crippen molar-refractivity contribution in [3.8, 4) is 0 Å². The number of halogens is 3. The van der Waals surface area contributed by atoms with Crippen molar-refractivity contribution in [1.82, 2.24) is 5.32 Å². The van der Waals surface area contributed by atoms with Crippen LogP contribution in [0.25, 0.3) is 0 Å². The predicted molar refractivity (Wildman–Crippen MR) is 64.6 cm³/mol. The molecule has 6 heteroatoms. The van der Waals surface area contributed by atoms with Crippen LogP contribution < -0.4 is 5.32 Å². The Kier molecular flexibility index (Phi) is 6.35. The summed E-state index contributed by atoms with van der Waals surface area (Å²) >= 11 is 0. The zero-order valence-corrected chi connectivity index (χ0v) is 10.4. The molecular weight excluding hydrogens is 259 g/mol. The summed E-state index contributed by atoms with van der Waals surface area (Å²) < 4.78 is 39.6. The van der Waals surface area contributed by atoms with Crippen LogP contribution in [0.15, 0.2) is 30.3 Å². The van der Waals surface area contributed by atoms with E-state index in [1.165, 1.54) is 0 Å². The van der Waals surface area contributed by atoms with Crippen LogP contribution in [0.4, 0.5) is 13.2 Å². The normalized spacial score (nSPS) is 11.3. The fourth-order valence-corrected chi connectivity index (χ4v) is 1.43. The lowest BCUT2D eigenvalue weighted by Gasteiger charge is -2.08. The van der Waals surface area contributed by atoms with E-state index in [-0.39, 0.29) is 18.9 Å². The van der Waals surface area contributed by atoms with Gasteiger partial charge in [-0.25, -0.2) is 0 Å². The highest BCUT2D eigenvalue weighted by Gasteiger charge is 2.27. The molecular formula is C13H16F3NO2. The molecule has 1 aromatic carbocycles. The topological polar surface area (TPSA) is 38.3 Å². The molecule has 106 valence electrons. The van der Waals surface area contributed by atoms with E-state index in [0.29, 0.717) is 13.0 Å². The van der Waals surface area contributed by atoms with Crippen LogP contribution in [0.3, 0.4) is 0 Å². The van der Waals surface area contributed by atoms with E-state index < -0.39 is 12.8 Å². The third-order valence-electron chi connectivity index (χ3n) is 2.32. The molecule has 0 spiro atoms. The molecule has 0 saturated carbocycles. The fourth-order valence-electron chi connectivity index (χ4n) is 1.43. The van der Waals surface area contributed by atoms with E-state index in [1.54, 1.807) is 0 Å². The minimum atomic E-state index is -4.34. The number of alkyl halides is 3. The minimum Gasteiger partial charge on any atom is -0.372 e. The summed E-state index contributed by atoms with van der Waals surface area (Å²) in [5.74, 6) is -0.307. The second-order valence-corrected chi connectivity index (χ2v) is 4.00. The summed E-state index contributed by atoms with van der Waals surface area (Å²) in [7, 11) is 0. The molecule has 1 rings (SSSR count). The van der Waals surface area contributed by atoms with E-state index in [4.69, 9.17) is 0 Å². The van der Waals surface area contributed by atoms with Crippen LogP contribution in [0, 0.1) is 0 Å². The lowest BCUT2D eigenvalue weighted by Crippen LogP contribution is -2.27. The van der Waals surface area contributed by atoms with Gasteiger partial charge in [0.05, 0.1) is 6.61 Å². The van der Waals surface area contributed by atoms with Crippen molar-refractivity contribution in [3.05, 3.63) is 35.9 Å². The van der Waals surface area contributed by atoms with E-state index in [9.17, 15) is 18.0 Å². The number of nitrogens with one attached hydrogen (secondary N) is 1. The van der Waals surface area contributed by atoms with Gasteiger partial charge in [-0.15, -0.1) is 0 Å². The van der Waals surface area contributed by atoms with Crippen LogP contribution in [0.5, 0.6) is 0 Å². The molecule has 0 unspecified atom stereocenters. The number of amides is 1. The molecule has 0 saturated heterocycles. The third kappa shape index (κ3) is 8.20. The quantitative estimate of drug-likeness (QED) is 0.775. The summed E-state index contributed by atoms with van der Waals surface area (Å²) in [6, 6.07) is 9.60. The zero-order chi connectivity index (χ0) is 14.1. The zero-order valence-electron chi connectivity index (χ0n) is 10.4. The highest BCUT2D eigenvalue weighted by Crippen LogP contribution is 2.14. The van der Waals surface area contributed by atoms with Crippen molar-refractivity contribution in [2.24, 2.45) is 0 Å². The first-order valence-electron chi connectivity index (χ1n) is 5.92. The average molecular weight is 275 g/mol. The van der Waals surface area contributed by atoms with Crippen LogP contribution in [-0.4, -0.2) is 31.8 Å². The summed E-state index contributed by atoms with van der Waals surface area (Å²) in [5.41, 5.74) is 1.09. The predicted octanol–water partition coefficient (Wildman–Crippen LogP) is 2.31. The van der Waals surface area contributed by atoms with Gasteiger partial charge in [0.25, 0.3) is 0 Å². The molecule has 0 fully saturated rings. The molecule has 0 aliphatic heterocycles. The molecule has 0 bridgehead atoms. The number of hydrogen-bond donors (Lipinski definition) is 1. The number of ether oxygens (including phenoxy) is 1. The maximum atomic E-state index is 11.7. The van der Waals surface area contributed by atoms with E-state index in [2.05, 4.69) is 10.1 Å². The van der Waals surface area contributed by atoms with Crippen molar-refractivity contribution < 1.29 is 22.7 Å². The number of hydrogen-bond acceptors (Lipinski definition) is 2. The lowest BCUT2D eigenvalue weighted by molar-refractivity contribution is -0.174. The first-order valence-corrected chi connectivity index (χ1v) is 5.92. The highest BCUT2D eigenvalue weighted by molar-refractivity contribution is 5.75. The van der Waals surface area contributed by atoms with E-state index >= 15 is 0 Å².